The van der Waals surface area contributed by atoms with Crippen LogP contribution in [0.25, 0.3) is 0 Å². The molecule has 0 spiro atoms. The van der Waals surface area contributed by atoms with Crippen LogP contribution in [0.15, 0.2) is 0 Å². The van der Waals surface area contributed by atoms with Crippen molar-refractivity contribution in [2.75, 3.05) is 6.54 Å². The molecular formula is C15H31NO. The fourth-order valence-corrected chi connectivity index (χ4v) is 2.72. The van der Waals surface area contributed by atoms with Crippen molar-refractivity contribution in [3.63, 3.8) is 0 Å². The van der Waals surface area contributed by atoms with Crippen LogP contribution in [0.4, 0.5) is 0 Å². The van der Waals surface area contributed by atoms with Crippen LogP contribution in [-0.2, 0) is 0 Å². The van der Waals surface area contributed by atoms with Gasteiger partial charge in [0.2, 0.25) is 0 Å². The molecule has 1 fully saturated rings. The smallest absolute Gasteiger partial charge is 0.0693 e. The van der Waals surface area contributed by atoms with Gasteiger partial charge in [0, 0.05) is 6.04 Å². The molecule has 0 aromatic rings. The Bertz CT molecular complexity index is 172. The average molecular weight is 241 g/mol. The van der Waals surface area contributed by atoms with E-state index in [2.05, 4.69) is 12.2 Å². The van der Waals surface area contributed by atoms with Gasteiger partial charge in [0.05, 0.1) is 6.10 Å². The highest BCUT2D eigenvalue weighted by atomic mass is 16.3. The Kier molecular flexibility index (Phi) is 8.72. The van der Waals surface area contributed by atoms with E-state index in [0.717, 1.165) is 19.4 Å². The van der Waals surface area contributed by atoms with Gasteiger partial charge in [0.25, 0.3) is 0 Å². The zero-order valence-corrected chi connectivity index (χ0v) is 11.6. The normalized spacial score (nSPS) is 25.8. The third-order valence-corrected chi connectivity index (χ3v) is 3.92. The van der Waals surface area contributed by atoms with Crippen LogP contribution in [0, 0.1) is 0 Å². The SMILES string of the molecule is CCCCCCCCN[C@@H]1CCCCC[C@@H]1O. The molecule has 0 bridgehead atoms. The van der Waals surface area contributed by atoms with Crippen molar-refractivity contribution in [1.82, 2.24) is 5.32 Å². The Labute approximate surface area is 107 Å². The maximum atomic E-state index is 9.96. The third-order valence-electron chi connectivity index (χ3n) is 3.92. The average Bonchev–Trinajstić information content (AvgIpc) is 2.53. The number of hydrogen-bond donors (Lipinski definition) is 2. The fourth-order valence-electron chi connectivity index (χ4n) is 2.72. The molecule has 0 aliphatic heterocycles. The summed E-state index contributed by atoms with van der Waals surface area (Å²) >= 11 is 0. The molecule has 17 heavy (non-hydrogen) atoms. The van der Waals surface area contributed by atoms with Crippen molar-refractivity contribution >= 4 is 0 Å². The molecular weight excluding hydrogens is 210 g/mol. The van der Waals surface area contributed by atoms with Crippen LogP contribution in [0.5, 0.6) is 0 Å². The minimum Gasteiger partial charge on any atom is -0.392 e. The quantitative estimate of drug-likeness (QED) is 0.502. The minimum atomic E-state index is -0.0995. The Hall–Kier alpha value is -0.0800. The Balaban J connectivity index is 1.97. The highest BCUT2D eigenvalue weighted by molar-refractivity contribution is 4.78. The highest BCUT2D eigenvalue weighted by Gasteiger charge is 2.20. The van der Waals surface area contributed by atoms with Gasteiger partial charge in [0.1, 0.15) is 0 Å². The first-order valence-corrected chi connectivity index (χ1v) is 7.76. The van der Waals surface area contributed by atoms with E-state index in [1.807, 2.05) is 0 Å². The molecule has 1 aliphatic carbocycles. The molecule has 2 N–H and O–H groups in total. The van der Waals surface area contributed by atoms with Crippen LogP contribution in [0.2, 0.25) is 0 Å². The lowest BCUT2D eigenvalue weighted by atomic mass is 10.1. The van der Waals surface area contributed by atoms with E-state index in [9.17, 15) is 5.11 Å². The summed E-state index contributed by atoms with van der Waals surface area (Å²) in [5.41, 5.74) is 0. The van der Waals surface area contributed by atoms with Crippen molar-refractivity contribution in [3.05, 3.63) is 0 Å². The molecule has 0 saturated heterocycles. The molecule has 0 amide bonds. The van der Waals surface area contributed by atoms with Gasteiger partial charge in [-0.1, -0.05) is 58.3 Å². The molecule has 2 atom stereocenters. The molecule has 1 rings (SSSR count). The maximum absolute atomic E-state index is 9.96. The van der Waals surface area contributed by atoms with E-state index in [-0.39, 0.29) is 6.10 Å². The van der Waals surface area contributed by atoms with Gasteiger partial charge in [-0.2, -0.15) is 0 Å². The van der Waals surface area contributed by atoms with E-state index in [4.69, 9.17) is 0 Å². The second-order valence-electron chi connectivity index (χ2n) is 5.53. The zero-order valence-electron chi connectivity index (χ0n) is 11.6. The number of hydrogen-bond acceptors (Lipinski definition) is 2. The first kappa shape index (κ1) is 15.0. The minimum absolute atomic E-state index is 0.0995. The van der Waals surface area contributed by atoms with Crippen LogP contribution in [0.1, 0.15) is 77.6 Å². The highest BCUT2D eigenvalue weighted by Crippen LogP contribution is 2.18. The van der Waals surface area contributed by atoms with E-state index in [1.165, 1.54) is 57.8 Å². The van der Waals surface area contributed by atoms with Crippen LogP contribution in [0.3, 0.4) is 0 Å². The van der Waals surface area contributed by atoms with Crippen molar-refractivity contribution in [3.8, 4) is 0 Å². The lowest BCUT2D eigenvalue weighted by molar-refractivity contribution is 0.120. The van der Waals surface area contributed by atoms with Crippen molar-refractivity contribution in [1.29, 1.82) is 0 Å². The van der Waals surface area contributed by atoms with Gasteiger partial charge < -0.3 is 10.4 Å². The summed E-state index contributed by atoms with van der Waals surface area (Å²) in [5, 5.41) is 13.5. The van der Waals surface area contributed by atoms with Crippen LogP contribution < -0.4 is 5.32 Å². The van der Waals surface area contributed by atoms with Crippen LogP contribution in [-0.4, -0.2) is 23.8 Å². The van der Waals surface area contributed by atoms with Gasteiger partial charge in [-0.05, 0) is 25.8 Å². The van der Waals surface area contributed by atoms with Crippen LogP contribution >= 0.6 is 0 Å². The van der Waals surface area contributed by atoms with Gasteiger partial charge in [-0.15, -0.1) is 0 Å². The molecule has 102 valence electrons. The van der Waals surface area contributed by atoms with Gasteiger partial charge >= 0.3 is 0 Å². The molecule has 0 heterocycles. The summed E-state index contributed by atoms with van der Waals surface area (Å²) in [4.78, 5) is 0. The molecule has 2 heteroatoms. The Morgan fingerprint density at radius 1 is 0.941 bits per heavy atom. The van der Waals surface area contributed by atoms with Crippen molar-refractivity contribution in [2.45, 2.75) is 89.7 Å². The fraction of sp³-hybridized carbons (Fsp3) is 1.00. The second-order valence-corrected chi connectivity index (χ2v) is 5.53. The van der Waals surface area contributed by atoms with E-state index >= 15 is 0 Å². The molecule has 0 aromatic carbocycles. The third kappa shape index (κ3) is 7.05. The Morgan fingerprint density at radius 2 is 1.65 bits per heavy atom. The van der Waals surface area contributed by atoms with Gasteiger partial charge in [-0.3, -0.25) is 0 Å². The number of unbranched alkanes of at least 4 members (excludes halogenated alkanes) is 5. The van der Waals surface area contributed by atoms with Crippen molar-refractivity contribution in [2.24, 2.45) is 0 Å². The summed E-state index contributed by atoms with van der Waals surface area (Å²) in [6.45, 7) is 3.35. The summed E-state index contributed by atoms with van der Waals surface area (Å²) < 4.78 is 0. The summed E-state index contributed by atoms with van der Waals surface area (Å²) in [6, 6.07) is 0.369. The van der Waals surface area contributed by atoms with Crippen molar-refractivity contribution < 1.29 is 5.11 Å². The van der Waals surface area contributed by atoms with E-state index in [0.29, 0.717) is 6.04 Å². The van der Waals surface area contributed by atoms with Gasteiger partial charge in [0.15, 0.2) is 0 Å². The summed E-state index contributed by atoms with van der Waals surface area (Å²) in [5.74, 6) is 0. The molecule has 1 saturated carbocycles. The zero-order chi connectivity index (χ0) is 12.3. The topological polar surface area (TPSA) is 32.3 Å². The van der Waals surface area contributed by atoms with Gasteiger partial charge in [-0.25, -0.2) is 0 Å². The maximum Gasteiger partial charge on any atom is 0.0693 e. The Morgan fingerprint density at radius 3 is 2.47 bits per heavy atom. The predicted molar refractivity (Wildman–Crippen MR) is 74.3 cm³/mol. The van der Waals surface area contributed by atoms with E-state index in [1.54, 1.807) is 0 Å². The first-order valence-electron chi connectivity index (χ1n) is 7.76. The molecule has 0 radical (unpaired) electrons. The molecule has 2 nitrogen and oxygen atoms in total. The lowest BCUT2D eigenvalue weighted by Gasteiger charge is -2.21. The largest absolute Gasteiger partial charge is 0.392 e. The lowest BCUT2D eigenvalue weighted by Crippen LogP contribution is -2.39. The number of aliphatic hydroxyl groups is 1. The number of rotatable bonds is 8. The molecule has 1 aliphatic rings. The predicted octanol–water partition coefficient (Wildman–Crippen LogP) is 3.63. The van der Waals surface area contributed by atoms with E-state index < -0.39 is 0 Å². The molecule has 0 unspecified atom stereocenters. The number of aliphatic hydroxyl groups excluding tert-OH is 1. The molecule has 0 aromatic heterocycles. The second kappa shape index (κ2) is 9.90. The standard InChI is InChI=1S/C15H31NO/c1-2-3-4-5-6-10-13-16-14-11-8-7-9-12-15(14)17/h14-17H,2-13H2,1H3/t14-,15+/m1/s1. The summed E-state index contributed by atoms with van der Waals surface area (Å²) in [7, 11) is 0. The first-order chi connectivity index (χ1) is 8.34. The number of nitrogens with one attached hydrogen (secondary N) is 1. The monoisotopic (exact) mass is 241 g/mol. The summed E-state index contributed by atoms with van der Waals surface area (Å²) in [6.07, 6.45) is 13.9.